The predicted molar refractivity (Wildman–Crippen MR) is 75.1 cm³/mol. The van der Waals surface area contributed by atoms with Crippen LogP contribution < -0.4 is 10.1 Å². The molecule has 0 spiro atoms. The number of para-hydroxylation sites is 1. The minimum Gasteiger partial charge on any atom is -0.434 e. The van der Waals surface area contributed by atoms with Gasteiger partial charge in [0.15, 0.2) is 0 Å². The summed E-state index contributed by atoms with van der Waals surface area (Å²) in [5.74, 6) is 0.771. The number of rotatable bonds is 10. The van der Waals surface area contributed by atoms with Gasteiger partial charge in [-0.3, -0.25) is 0 Å². The molecule has 1 N–H and O–H groups in total. The number of ether oxygens (including phenoxy) is 2. The first-order chi connectivity index (χ1) is 9.59. The van der Waals surface area contributed by atoms with Crippen LogP contribution in [-0.2, 0) is 11.3 Å². The van der Waals surface area contributed by atoms with E-state index in [1.807, 2.05) is 0 Å². The highest BCUT2D eigenvalue weighted by Crippen LogP contribution is 2.19. The highest BCUT2D eigenvalue weighted by Gasteiger charge is 2.08. The molecular formula is C15H23F2NO2. The van der Waals surface area contributed by atoms with Crippen LogP contribution in [0.2, 0.25) is 0 Å². The number of alkyl halides is 2. The van der Waals surface area contributed by atoms with Crippen molar-refractivity contribution in [3.8, 4) is 5.75 Å². The van der Waals surface area contributed by atoms with Crippen LogP contribution in [0.5, 0.6) is 5.75 Å². The van der Waals surface area contributed by atoms with Gasteiger partial charge in [-0.15, -0.1) is 0 Å². The third-order valence-electron chi connectivity index (χ3n) is 2.60. The summed E-state index contributed by atoms with van der Waals surface area (Å²) in [5, 5.41) is 3.20. The zero-order valence-electron chi connectivity index (χ0n) is 12.1. The van der Waals surface area contributed by atoms with Crippen molar-refractivity contribution in [2.45, 2.75) is 33.4 Å². The second-order valence-electron chi connectivity index (χ2n) is 4.99. The standard InChI is InChI=1S/C15H23F2NO2/c1-12(2)11-19-9-5-8-18-10-13-6-3-4-7-14(13)20-15(16)17/h3-4,6-7,12,15,18H,5,8-11H2,1-2H3. The lowest BCUT2D eigenvalue weighted by Crippen LogP contribution is -2.18. The highest BCUT2D eigenvalue weighted by atomic mass is 19.3. The lowest BCUT2D eigenvalue weighted by atomic mass is 10.2. The van der Waals surface area contributed by atoms with Crippen LogP contribution in [0.3, 0.4) is 0 Å². The van der Waals surface area contributed by atoms with Crippen LogP contribution in [0.15, 0.2) is 24.3 Å². The summed E-state index contributed by atoms with van der Waals surface area (Å²) in [6.07, 6.45) is 0.893. The third-order valence-corrected chi connectivity index (χ3v) is 2.60. The van der Waals surface area contributed by atoms with Gasteiger partial charge < -0.3 is 14.8 Å². The van der Waals surface area contributed by atoms with E-state index in [4.69, 9.17) is 4.74 Å². The summed E-state index contributed by atoms with van der Waals surface area (Å²) in [6.45, 7) is 4.19. The van der Waals surface area contributed by atoms with Crippen molar-refractivity contribution in [2.75, 3.05) is 19.8 Å². The average Bonchev–Trinajstić information content (AvgIpc) is 2.38. The van der Waals surface area contributed by atoms with Gasteiger partial charge in [0.05, 0.1) is 0 Å². The zero-order valence-corrected chi connectivity index (χ0v) is 12.1. The molecule has 3 nitrogen and oxygen atoms in total. The van der Waals surface area contributed by atoms with E-state index in [0.29, 0.717) is 19.1 Å². The van der Waals surface area contributed by atoms with Crippen LogP contribution in [0.1, 0.15) is 25.8 Å². The second kappa shape index (κ2) is 9.66. The third kappa shape index (κ3) is 7.40. The van der Waals surface area contributed by atoms with Crippen LogP contribution in [-0.4, -0.2) is 26.4 Å². The maximum atomic E-state index is 12.2. The molecular weight excluding hydrogens is 264 g/mol. The second-order valence-corrected chi connectivity index (χ2v) is 4.99. The average molecular weight is 287 g/mol. The Bertz CT molecular complexity index is 373. The molecule has 0 unspecified atom stereocenters. The van der Waals surface area contributed by atoms with Gasteiger partial charge in [-0.1, -0.05) is 32.0 Å². The van der Waals surface area contributed by atoms with E-state index in [1.54, 1.807) is 24.3 Å². The predicted octanol–water partition coefficient (Wildman–Crippen LogP) is 3.44. The fraction of sp³-hybridized carbons (Fsp3) is 0.600. The van der Waals surface area contributed by atoms with E-state index in [-0.39, 0.29) is 5.75 Å². The molecule has 1 aromatic rings. The van der Waals surface area contributed by atoms with Gasteiger partial charge in [0.25, 0.3) is 0 Å². The first-order valence-electron chi connectivity index (χ1n) is 6.90. The van der Waals surface area contributed by atoms with Crippen molar-refractivity contribution in [1.29, 1.82) is 0 Å². The van der Waals surface area contributed by atoms with Crippen molar-refractivity contribution >= 4 is 0 Å². The first-order valence-corrected chi connectivity index (χ1v) is 6.90. The Balaban J connectivity index is 2.21. The molecule has 114 valence electrons. The van der Waals surface area contributed by atoms with Crippen molar-refractivity contribution in [3.63, 3.8) is 0 Å². The van der Waals surface area contributed by atoms with Gasteiger partial charge in [-0.05, 0) is 24.9 Å². The summed E-state index contributed by atoms with van der Waals surface area (Å²) in [6, 6.07) is 6.82. The smallest absolute Gasteiger partial charge is 0.387 e. The van der Waals surface area contributed by atoms with E-state index in [1.165, 1.54) is 0 Å². The molecule has 0 amide bonds. The molecule has 1 aromatic carbocycles. The van der Waals surface area contributed by atoms with Gasteiger partial charge in [-0.2, -0.15) is 8.78 Å². The monoisotopic (exact) mass is 287 g/mol. The largest absolute Gasteiger partial charge is 0.434 e. The molecule has 0 saturated heterocycles. The molecule has 0 aliphatic heterocycles. The summed E-state index contributed by atoms with van der Waals surface area (Å²) < 4.78 is 34.4. The van der Waals surface area contributed by atoms with Crippen LogP contribution in [0.25, 0.3) is 0 Å². The Morgan fingerprint density at radius 2 is 1.95 bits per heavy atom. The minimum absolute atomic E-state index is 0.228. The maximum absolute atomic E-state index is 12.2. The summed E-state index contributed by atoms with van der Waals surface area (Å²) in [7, 11) is 0. The molecule has 0 atom stereocenters. The number of hydrogen-bond donors (Lipinski definition) is 1. The summed E-state index contributed by atoms with van der Waals surface area (Å²) in [5.41, 5.74) is 0.732. The van der Waals surface area contributed by atoms with E-state index in [2.05, 4.69) is 23.9 Å². The molecule has 0 aliphatic carbocycles. The Morgan fingerprint density at radius 3 is 2.65 bits per heavy atom. The molecule has 0 heterocycles. The Morgan fingerprint density at radius 1 is 1.20 bits per heavy atom. The zero-order chi connectivity index (χ0) is 14.8. The van der Waals surface area contributed by atoms with Gasteiger partial charge in [0.2, 0.25) is 0 Å². The summed E-state index contributed by atoms with van der Waals surface area (Å²) >= 11 is 0. The molecule has 0 aromatic heterocycles. The highest BCUT2D eigenvalue weighted by molar-refractivity contribution is 5.33. The Labute approximate surface area is 119 Å². The molecule has 0 aliphatic rings. The van der Waals surface area contributed by atoms with Gasteiger partial charge in [-0.25, -0.2) is 0 Å². The fourth-order valence-electron chi connectivity index (χ4n) is 1.70. The number of hydrogen-bond acceptors (Lipinski definition) is 3. The molecule has 5 heteroatoms. The van der Waals surface area contributed by atoms with Crippen LogP contribution in [0, 0.1) is 5.92 Å². The molecule has 0 radical (unpaired) electrons. The maximum Gasteiger partial charge on any atom is 0.387 e. The van der Waals surface area contributed by atoms with Crippen LogP contribution >= 0.6 is 0 Å². The Hall–Kier alpha value is -1.20. The van der Waals surface area contributed by atoms with Gasteiger partial charge >= 0.3 is 6.61 Å². The Kier molecular flexibility index (Phi) is 8.14. The normalized spacial score (nSPS) is 11.3. The van der Waals surface area contributed by atoms with E-state index >= 15 is 0 Å². The minimum atomic E-state index is -2.79. The van der Waals surface area contributed by atoms with Crippen molar-refractivity contribution in [2.24, 2.45) is 5.92 Å². The fourth-order valence-corrected chi connectivity index (χ4v) is 1.70. The van der Waals surface area contributed by atoms with Crippen molar-refractivity contribution < 1.29 is 18.3 Å². The quantitative estimate of drug-likeness (QED) is 0.669. The molecule has 20 heavy (non-hydrogen) atoms. The van der Waals surface area contributed by atoms with Crippen molar-refractivity contribution in [3.05, 3.63) is 29.8 Å². The number of halogens is 2. The first kappa shape index (κ1) is 16.9. The lowest BCUT2D eigenvalue weighted by molar-refractivity contribution is -0.0504. The molecule has 1 rings (SSSR count). The number of nitrogens with one attached hydrogen (secondary N) is 1. The number of benzene rings is 1. The van der Waals surface area contributed by atoms with E-state index in [9.17, 15) is 8.78 Å². The lowest BCUT2D eigenvalue weighted by Gasteiger charge is -2.11. The molecule has 0 fully saturated rings. The van der Waals surface area contributed by atoms with E-state index < -0.39 is 6.61 Å². The van der Waals surface area contributed by atoms with Crippen molar-refractivity contribution in [1.82, 2.24) is 5.32 Å². The molecule has 0 bridgehead atoms. The topological polar surface area (TPSA) is 30.5 Å². The summed E-state index contributed by atoms with van der Waals surface area (Å²) in [4.78, 5) is 0. The molecule has 0 saturated carbocycles. The van der Waals surface area contributed by atoms with E-state index in [0.717, 1.165) is 25.1 Å². The van der Waals surface area contributed by atoms with Gasteiger partial charge in [0.1, 0.15) is 5.75 Å². The van der Waals surface area contributed by atoms with Gasteiger partial charge in [0, 0.05) is 25.3 Å². The SMILES string of the molecule is CC(C)COCCCNCc1ccccc1OC(F)F. The van der Waals surface area contributed by atoms with Crippen LogP contribution in [0.4, 0.5) is 8.78 Å².